The number of likely N-dealkylation sites (N-methyl/N-ethyl adjacent to an activating group) is 2. The zero-order valence-corrected chi connectivity index (χ0v) is 10.8. The smallest absolute Gasteiger partial charge is 0.115 e. The van der Waals surface area contributed by atoms with Crippen molar-refractivity contribution in [2.45, 2.75) is 25.4 Å². The van der Waals surface area contributed by atoms with Gasteiger partial charge in [-0.2, -0.15) is 0 Å². The van der Waals surface area contributed by atoms with Gasteiger partial charge in [-0.05, 0) is 51.2 Å². The van der Waals surface area contributed by atoms with Crippen molar-refractivity contribution in [3.63, 3.8) is 0 Å². The van der Waals surface area contributed by atoms with Crippen molar-refractivity contribution in [2.75, 3.05) is 27.2 Å². The molecule has 3 nitrogen and oxygen atoms in total. The second-order valence-corrected chi connectivity index (χ2v) is 5.14. The first-order chi connectivity index (χ1) is 8.15. The van der Waals surface area contributed by atoms with E-state index >= 15 is 0 Å². The van der Waals surface area contributed by atoms with E-state index < -0.39 is 0 Å². The standard InChI is InChI=1S/C14H22N2O/c1-15-8-4-6-13(11-15)16(2)10-12-5-3-7-14(17)9-12/h3,5,7,9,13,17H,4,6,8,10-11H2,1-2H3. The van der Waals surface area contributed by atoms with Gasteiger partial charge in [0.25, 0.3) is 0 Å². The van der Waals surface area contributed by atoms with E-state index in [1.54, 1.807) is 6.07 Å². The number of hydrogen-bond acceptors (Lipinski definition) is 3. The Labute approximate surface area is 104 Å². The minimum Gasteiger partial charge on any atom is -0.508 e. The highest BCUT2D eigenvalue weighted by Gasteiger charge is 2.20. The Morgan fingerprint density at radius 2 is 2.29 bits per heavy atom. The molecule has 0 bridgehead atoms. The number of hydrogen-bond donors (Lipinski definition) is 1. The molecule has 1 aliphatic heterocycles. The van der Waals surface area contributed by atoms with Crippen molar-refractivity contribution >= 4 is 0 Å². The summed E-state index contributed by atoms with van der Waals surface area (Å²) in [5, 5.41) is 9.45. The van der Waals surface area contributed by atoms with Crippen molar-refractivity contribution in [1.29, 1.82) is 0 Å². The third kappa shape index (κ3) is 3.45. The minimum absolute atomic E-state index is 0.358. The maximum atomic E-state index is 9.45. The maximum absolute atomic E-state index is 9.45. The zero-order valence-electron chi connectivity index (χ0n) is 10.8. The van der Waals surface area contributed by atoms with E-state index in [4.69, 9.17) is 0 Å². The molecule has 1 heterocycles. The van der Waals surface area contributed by atoms with Gasteiger partial charge in [0.2, 0.25) is 0 Å². The average molecular weight is 234 g/mol. The number of likely N-dealkylation sites (tertiary alicyclic amines) is 1. The van der Waals surface area contributed by atoms with Gasteiger partial charge in [0, 0.05) is 19.1 Å². The van der Waals surface area contributed by atoms with Gasteiger partial charge >= 0.3 is 0 Å². The fourth-order valence-electron chi connectivity index (χ4n) is 2.57. The summed E-state index contributed by atoms with van der Waals surface area (Å²) >= 11 is 0. The molecule has 1 aliphatic rings. The number of nitrogens with zero attached hydrogens (tertiary/aromatic N) is 2. The molecule has 1 N–H and O–H groups in total. The van der Waals surface area contributed by atoms with E-state index in [0.29, 0.717) is 11.8 Å². The van der Waals surface area contributed by atoms with Crippen molar-refractivity contribution in [2.24, 2.45) is 0 Å². The maximum Gasteiger partial charge on any atom is 0.115 e. The molecular weight excluding hydrogens is 212 g/mol. The van der Waals surface area contributed by atoms with Crippen LogP contribution in [0, 0.1) is 0 Å². The Hall–Kier alpha value is -1.06. The summed E-state index contributed by atoms with van der Waals surface area (Å²) in [6.45, 7) is 3.28. The number of phenols is 1. The van der Waals surface area contributed by atoms with Gasteiger partial charge in [0.05, 0.1) is 0 Å². The molecule has 0 spiro atoms. The normalized spacial score (nSPS) is 21.9. The van der Waals surface area contributed by atoms with Gasteiger partial charge in [-0.1, -0.05) is 12.1 Å². The largest absolute Gasteiger partial charge is 0.508 e. The third-order valence-corrected chi connectivity index (χ3v) is 3.57. The zero-order chi connectivity index (χ0) is 12.3. The van der Waals surface area contributed by atoms with Crippen LogP contribution in [0.5, 0.6) is 5.75 Å². The van der Waals surface area contributed by atoms with Crippen molar-refractivity contribution in [3.05, 3.63) is 29.8 Å². The van der Waals surface area contributed by atoms with Crippen LogP contribution in [0.3, 0.4) is 0 Å². The van der Waals surface area contributed by atoms with Gasteiger partial charge < -0.3 is 10.0 Å². The summed E-state index contributed by atoms with van der Waals surface area (Å²) in [5.41, 5.74) is 1.18. The summed E-state index contributed by atoms with van der Waals surface area (Å²) in [6.07, 6.45) is 2.56. The van der Waals surface area contributed by atoms with E-state index in [2.05, 4.69) is 30.0 Å². The molecule has 1 unspecified atom stereocenters. The minimum atomic E-state index is 0.358. The fraction of sp³-hybridized carbons (Fsp3) is 0.571. The molecule has 0 aromatic heterocycles. The van der Waals surface area contributed by atoms with E-state index in [1.807, 2.05) is 12.1 Å². The number of benzene rings is 1. The van der Waals surface area contributed by atoms with E-state index in [1.165, 1.54) is 24.9 Å². The quantitative estimate of drug-likeness (QED) is 0.865. The topological polar surface area (TPSA) is 26.7 Å². The first-order valence-electron chi connectivity index (χ1n) is 6.32. The number of phenolic OH excluding ortho intramolecular Hbond substituents is 1. The van der Waals surface area contributed by atoms with Crippen LogP contribution in [0.1, 0.15) is 18.4 Å². The number of aromatic hydroxyl groups is 1. The lowest BCUT2D eigenvalue weighted by Gasteiger charge is -2.35. The molecule has 17 heavy (non-hydrogen) atoms. The van der Waals surface area contributed by atoms with Crippen molar-refractivity contribution in [1.82, 2.24) is 9.80 Å². The average Bonchev–Trinajstić information content (AvgIpc) is 2.29. The highest BCUT2D eigenvalue weighted by molar-refractivity contribution is 5.27. The molecule has 1 atom stereocenters. The van der Waals surface area contributed by atoms with Gasteiger partial charge in [-0.3, -0.25) is 4.90 Å². The second kappa shape index (κ2) is 5.52. The first kappa shape index (κ1) is 12.4. The van der Waals surface area contributed by atoms with Gasteiger partial charge in [-0.25, -0.2) is 0 Å². The summed E-state index contributed by atoms with van der Waals surface area (Å²) in [4.78, 5) is 4.79. The number of rotatable bonds is 3. The van der Waals surface area contributed by atoms with E-state index in [9.17, 15) is 5.11 Å². The Morgan fingerprint density at radius 1 is 1.47 bits per heavy atom. The summed E-state index contributed by atoms with van der Waals surface area (Å²) in [6, 6.07) is 8.19. The van der Waals surface area contributed by atoms with Gasteiger partial charge in [-0.15, -0.1) is 0 Å². The van der Waals surface area contributed by atoms with Crippen LogP contribution in [0.2, 0.25) is 0 Å². The SMILES string of the molecule is CN1CCCC(N(C)Cc2cccc(O)c2)C1. The monoisotopic (exact) mass is 234 g/mol. The lowest BCUT2D eigenvalue weighted by Crippen LogP contribution is -2.44. The predicted octanol–water partition coefficient (Wildman–Crippen LogP) is 1.92. The lowest BCUT2D eigenvalue weighted by molar-refractivity contribution is 0.129. The van der Waals surface area contributed by atoms with Crippen LogP contribution in [0.15, 0.2) is 24.3 Å². The molecule has 1 aromatic carbocycles. The Kier molecular flexibility index (Phi) is 4.02. The van der Waals surface area contributed by atoms with Crippen molar-refractivity contribution < 1.29 is 5.11 Å². The molecule has 0 aliphatic carbocycles. The molecule has 1 saturated heterocycles. The Balaban J connectivity index is 1.94. The third-order valence-electron chi connectivity index (χ3n) is 3.57. The molecule has 0 amide bonds. The highest BCUT2D eigenvalue weighted by Crippen LogP contribution is 2.17. The summed E-state index contributed by atoms with van der Waals surface area (Å²) < 4.78 is 0. The Bertz CT molecular complexity index is 367. The molecular formula is C14H22N2O. The van der Waals surface area contributed by atoms with Crippen LogP contribution in [0.4, 0.5) is 0 Å². The molecule has 0 radical (unpaired) electrons. The lowest BCUT2D eigenvalue weighted by atomic mass is 10.0. The van der Waals surface area contributed by atoms with Crippen LogP contribution >= 0.6 is 0 Å². The summed E-state index contributed by atoms with van der Waals surface area (Å²) in [7, 11) is 4.36. The first-order valence-corrected chi connectivity index (χ1v) is 6.32. The molecule has 94 valence electrons. The fourth-order valence-corrected chi connectivity index (χ4v) is 2.57. The van der Waals surface area contributed by atoms with Gasteiger partial charge in [0.1, 0.15) is 5.75 Å². The summed E-state index contributed by atoms with van der Waals surface area (Å²) in [5.74, 6) is 0.358. The van der Waals surface area contributed by atoms with Crippen LogP contribution in [-0.2, 0) is 6.54 Å². The molecule has 1 fully saturated rings. The van der Waals surface area contributed by atoms with E-state index in [-0.39, 0.29) is 0 Å². The molecule has 0 saturated carbocycles. The highest BCUT2D eigenvalue weighted by atomic mass is 16.3. The Morgan fingerprint density at radius 3 is 3.00 bits per heavy atom. The molecule has 1 aromatic rings. The second-order valence-electron chi connectivity index (χ2n) is 5.14. The van der Waals surface area contributed by atoms with Crippen LogP contribution in [0.25, 0.3) is 0 Å². The predicted molar refractivity (Wildman–Crippen MR) is 70.1 cm³/mol. The number of piperidine rings is 1. The molecule has 2 rings (SSSR count). The van der Waals surface area contributed by atoms with Gasteiger partial charge in [0.15, 0.2) is 0 Å². The van der Waals surface area contributed by atoms with E-state index in [0.717, 1.165) is 13.1 Å². The molecule has 3 heteroatoms. The van der Waals surface area contributed by atoms with Crippen LogP contribution < -0.4 is 0 Å². The van der Waals surface area contributed by atoms with Crippen LogP contribution in [-0.4, -0.2) is 48.1 Å². The van der Waals surface area contributed by atoms with Crippen molar-refractivity contribution in [3.8, 4) is 5.75 Å².